The van der Waals surface area contributed by atoms with E-state index in [0.29, 0.717) is 18.3 Å². The average Bonchev–Trinajstić information content (AvgIpc) is 2.22. The molecule has 0 amide bonds. The zero-order valence-electron chi connectivity index (χ0n) is 7.97. The van der Waals surface area contributed by atoms with Crippen LogP contribution in [0, 0.1) is 0 Å². The summed E-state index contributed by atoms with van der Waals surface area (Å²) in [6.45, 7) is 1.83. The van der Waals surface area contributed by atoms with Crippen molar-refractivity contribution in [3.8, 4) is 0 Å². The van der Waals surface area contributed by atoms with Gasteiger partial charge in [-0.25, -0.2) is 4.39 Å². The van der Waals surface area contributed by atoms with Gasteiger partial charge in [0.2, 0.25) is 0 Å². The van der Waals surface area contributed by atoms with E-state index in [4.69, 9.17) is 17.3 Å². The molecule has 0 saturated carbocycles. The van der Waals surface area contributed by atoms with E-state index >= 15 is 0 Å². The van der Waals surface area contributed by atoms with Crippen molar-refractivity contribution in [2.75, 3.05) is 5.88 Å². The summed E-state index contributed by atoms with van der Waals surface area (Å²) >= 11 is 5.57. The zero-order chi connectivity index (χ0) is 10.8. The lowest BCUT2D eigenvalue weighted by Gasteiger charge is -2.34. The highest BCUT2D eigenvalue weighted by Crippen LogP contribution is 2.34. The van der Waals surface area contributed by atoms with Crippen LogP contribution in [-0.2, 0) is 4.79 Å². The number of aldehydes is 1. The van der Waals surface area contributed by atoms with E-state index in [0.717, 1.165) is 0 Å². The first-order chi connectivity index (χ1) is 6.60. The number of nitrogens with two attached hydrogens (primary N) is 1. The van der Waals surface area contributed by atoms with Crippen LogP contribution in [0.15, 0.2) is 23.3 Å². The molecular formula is C10H13ClFNO. The summed E-state index contributed by atoms with van der Waals surface area (Å²) < 4.78 is 14.3. The maximum absolute atomic E-state index is 14.3. The molecular weight excluding hydrogens is 205 g/mol. The fourth-order valence-electron chi connectivity index (χ4n) is 1.60. The SMILES string of the molecule is CCC1=CC=C(C=O)C(N)C1(F)CCl. The molecule has 2 nitrogen and oxygen atoms in total. The van der Waals surface area contributed by atoms with Crippen LogP contribution in [0.2, 0.25) is 0 Å². The number of hydrogen-bond donors (Lipinski definition) is 1. The first-order valence-electron chi connectivity index (χ1n) is 4.47. The Labute approximate surface area is 87.6 Å². The molecule has 0 aromatic rings. The predicted molar refractivity (Wildman–Crippen MR) is 55.1 cm³/mol. The number of carbonyl (C=O) groups is 1. The van der Waals surface area contributed by atoms with E-state index in [1.54, 1.807) is 12.2 Å². The van der Waals surface area contributed by atoms with Crippen LogP contribution in [0.25, 0.3) is 0 Å². The molecule has 4 heteroatoms. The molecule has 0 saturated heterocycles. The summed E-state index contributed by atoms with van der Waals surface area (Å²) in [5.41, 5.74) is 4.67. The molecule has 0 spiro atoms. The smallest absolute Gasteiger partial charge is 0.164 e. The first kappa shape index (κ1) is 11.4. The zero-order valence-corrected chi connectivity index (χ0v) is 8.72. The molecule has 0 fully saturated rings. The summed E-state index contributed by atoms with van der Waals surface area (Å²) in [4.78, 5) is 10.6. The number of carbonyl (C=O) groups excluding carboxylic acids is 1. The minimum absolute atomic E-state index is 0.223. The second-order valence-electron chi connectivity index (χ2n) is 3.30. The minimum Gasteiger partial charge on any atom is -0.321 e. The Kier molecular flexibility index (Phi) is 3.45. The van der Waals surface area contributed by atoms with Crippen molar-refractivity contribution >= 4 is 17.9 Å². The molecule has 2 atom stereocenters. The highest BCUT2D eigenvalue weighted by Gasteiger charge is 2.42. The summed E-state index contributed by atoms with van der Waals surface area (Å²) in [5.74, 6) is -0.223. The van der Waals surface area contributed by atoms with Gasteiger partial charge in [0.1, 0.15) is 6.29 Å². The number of rotatable bonds is 3. The summed E-state index contributed by atoms with van der Waals surface area (Å²) in [6, 6.07) is -0.947. The van der Waals surface area contributed by atoms with Gasteiger partial charge in [-0.1, -0.05) is 19.1 Å². The van der Waals surface area contributed by atoms with Crippen LogP contribution in [0.4, 0.5) is 4.39 Å². The third kappa shape index (κ3) is 1.62. The summed E-state index contributed by atoms with van der Waals surface area (Å²) in [7, 11) is 0. The highest BCUT2D eigenvalue weighted by molar-refractivity contribution is 6.19. The number of allylic oxidation sites excluding steroid dienone is 2. The van der Waals surface area contributed by atoms with Crippen molar-refractivity contribution < 1.29 is 9.18 Å². The number of halogens is 2. The third-order valence-electron chi connectivity index (χ3n) is 2.57. The Morgan fingerprint density at radius 1 is 1.71 bits per heavy atom. The van der Waals surface area contributed by atoms with E-state index in [1.807, 2.05) is 6.92 Å². The average molecular weight is 218 g/mol. The number of hydrogen-bond acceptors (Lipinski definition) is 2. The van der Waals surface area contributed by atoms with Crippen molar-refractivity contribution in [1.82, 2.24) is 0 Å². The van der Waals surface area contributed by atoms with Crippen molar-refractivity contribution in [1.29, 1.82) is 0 Å². The van der Waals surface area contributed by atoms with Gasteiger partial charge in [-0.3, -0.25) is 4.79 Å². The molecule has 1 aliphatic carbocycles. The Morgan fingerprint density at radius 2 is 2.36 bits per heavy atom. The van der Waals surface area contributed by atoms with Crippen LogP contribution in [0.3, 0.4) is 0 Å². The Morgan fingerprint density at radius 3 is 2.79 bits per heavy atom. The van der Waals surface area contributed by atoms with Gasteiger partial charge < -0.3 is 5.73 Å². The Hall–Kier alpha value is -0.670. The Bertz CT molecular complexity index is 300. The van der Waals surface area contributed by atoms with E-state index in [9.17, 15) is 9.18 Å². The van der Waals surface area contributed by atoms with E-state index < -0.39 is 11.7 Å². The van der Waals surface area contributed by atoms with Crippen molar-refractivity contribution in [3.05, 3.63) is 23.3 Å². The maximum Gasteiger partial charge on any atom is 0.164 e. The van der Waals surface area contributed by atoms with Crippen molar-refractivity contribution in [2.24, 2.45) is 5.73 Å². The third-order valence-corrected chi connectivity index (χ3v) is 2.96. The van der Waals surface area contributed by atoms with Gasteiger partial charge in [0, 0.05) is 5.57 Å². The molecule has 0 aromatic heterocycles. The quantitative estimate of drug-likeness (QED) is 0.578. The lowest BCUT2D eigenvalue weighted by Crippen LogP contribution is -2.50. The summed E-state index contributed by atoms with van der Waals surface area (Å²) in [5, 5.41) is 0. The standard InChI is InChI=1S/C10H13ClFNO/c1-2-8-4-3-7(5-14)9(13)10(8,12)6-11/h3-5,9H,2,6,13H2,1H3. The maximum atomic E-state index is 14.3. The lowest BCUT2D eigenvalue weighted by molar-refractivity contribution is -0.105. The second kappa shape index (κ2) is 4.24. The van der Waals surface area contributed by atoms with Crippen molar-refractivity contribution in [3.63, 3.8) is 0 Å². The van der Waals surface area contributed by atoms with Gasteiger partial charge in [0.15, 0.2) is 5.67 Å². The molecule has 2 N–H and O–H groups in total. The molecule has 1 aliphatic rings. The van der Waals surface area contributed by atoms with E-state index in [2.05, 4.69) is 0 Å². The molecule has 14 heavy (non-hydrogen) atoms. The van der Waals surface area contributed by atoms with Gasteiger partial charge >= 0.3 is 0 Å². The largest absolute Gasteiger partial charge is 0.321 e. The fraction of sp³-hybridized carbons (Fsp3) is 0.500. The van der Waals surface area contributed by atoms with Crippen molar-refractivity contribution in [2.45, 2.75) is 25.1 Å². The normalized spacial score (nSPS) is 32.1. The molecule has 0 heterocycles. The second-order valence-corrected chi connectivity index (χ2v) is 3.57. The van der Waals surface area contributed by atoms with Gasteiger partial charge in [0.05, 0.1) is 11.9 Å². The van der Waals surface area contributed by atoms with Gasteiger partial charge in [-0.05, 0) is 12.0 Å². The number of alkyl halides is 2. The Balaban J connectivity index is 3.13. The van der Waals surface area contributed by atoms with Crippen LogP contribution in [0.5, 0.6) is 0 Å². The first-order valence-corrected chi connectivity index (χ1v) is 5.00. The summed E-state index contributed by atoms with van der Waals surface area (Å²) in [6.07, 6.45) is 4.27. The van der Waals surface area contributed by atoms with Crippen LogP contribution < -0.4 is 5.73 Å². The van der Waals surface area contributed by atoms with Crippen LogP contribution in [0.1, 0.15) is 13.3 Å². The molecule has 0 radical (unpaired) electrons. The topological polar surface area (TPSA) is 43.1 Å². The van der Waals surface area contributed by atoms with Gasteiger partial charge in [-0.15, -0.1) is 11.6 Å². The molecule has 0 aliphatic heterocycles. The monoisotopic (exact) mass is 217 g/mol. The van der Waals surface area contributed by atoms with E-state index in [-0.39, 0.29) is 11.5 Å². The molecule has 2 unspecified atom stereocenters. The molecule has 0 bridgehead atoms. The molecule has 1 rings (SSSR count). The fourth-order valence-corrected chi connectivity index (χ4v) is 1.93. The highest BCUT2D eigenvalue weighted by atomic mass is 35.5. The lowest BCUT2D eigenvalue weighted by atomic mass is 9.80. The predicted octanol–water partition coefficient (Wildman–Crippen LogP) is 1.74. The van der Waals surface area contributed by atoms with Crippen LogP contribution in [-0.4, -0.2) is 23.9 Å². The molecule has 0 aromatic carbocycles. The van der Waals surface area contributed by atoms with Gasteiger partial charge in [0.25, 0.3) is 0 Å². The van der Waals surface area contributed by atoms with Crippen LogP contribution >= 0.6 is 11.6 Å². The minimum atomic E-state index is -1.78. The van der Waals surface area contributed by atoms with E-state index in [1.165, 1.54) is 0 Å². The molecule has 78 valence electrons. The van der Waals surface area contributed by atoms with Gasteiger partial charge in [-0.2, -0.15) is 0 Å².